The topological polar surface area (TPSA) is 39.1 Å². The van der Waals surface area contributed by atoms with E-state index in [1.807, 2.05) is 29.1 Å². The Kier molecular flexibility index (Phi) is 5.48. The predicted octanol–water partition coefficient (Wildman–Crippen LogP) is 4.44. The second kappa shape index (κ2) is 7.13. The first-order valence-corrected chi connectivity index (χ1v) is 8.02. The number of rotatable bonds is 6. The van der Waals surface area contributed by atoms with Gasteiger partial charge in [0, 0.05) is 23.3 Å². The lowest BCUT2D eigenvalue weighted by molar-refractivity contribution is 0.412. The van der Waals surface area contributed by atoms with Crippen LogP contribution < -0.4 is 10.1 Å². The summed E-state index contributed by atoms with van der Waals surface area (Å²) in [5.74, 6) is 0.803. The molecule has 1 aromatic heterocycles. The van der Waals surface area contributed by atoms with E-state index in [1.165, 1.54) is 5.69 Å². The summed E-state index contributed by atoms with van der Waals surface area (Å²) in [5.41, 5.74) is 2.16. The van der Waals surface area contributed by atoms with Crippen molar-refractivity contribution in [3.8, 4) is 5.75 Å². The number of halogens is 2. The summed E-state index contributed by atoms with van der Waals surface area (Å²) in [6, 6.07) is 5.98. The number of anilines is 1. The SMILES string of the molecule is CCCn1nccc1CNc1cc(OC)c(Br)cc1Br. The minimum Gasteiger partial charge on any atom is -0.495 e. The molecule has 0 radical (unpaired) electrons. The molecule has 4 nitrogen and oxygen atoms in total. The van der Waals surface area contributed by atoms with E-state index in [2.05, 4.69) is 49.2 Å². The normalized spacial score (nSPS) is 10.6. The molecule has 1 N–H and O–H groups in total. The third kappa shape index (κ3) is 3.55. The molecule has 0 spiro atoms. The number of ether oxygens (including phenoxy) is 1. The average molecular weight is 403 g/mol. The van der Waals surface area contributed by atoms with Gasteiger partial charge in [0.15, 0.2) is 0 Å². The molecule has 2 rings (SSSR count). The molecule has 0 saturated heterocycles. The molecule has 0 bridgehead atoms. The molecule has 1 heterocycles. The number of benzene rings is 1. The van der Waals surface area contributed by atoms with E-state index in [1.54, 1.807) is 7.11 Å². The molecule has 108 valence electrons. The molecule has 6 heteroatoms. The maximum absolute atomic E-state index is 5.31. The highest BCUT2D eigenvalue weighted by Gasteiger charge is 2.08. The van der Waals surface area contributed by atoms with Gasteiger partial charge in [-0.05, 0) is 50.4 Å². The minimum atomic E-state index is 0.726. The van der Waals surface area contributed by atoms with Crippen molar-refractivity contribution in [1.29, 1.82) is 0 Å². The largest absolute Gasteiger partial charge is 0.495 e. The molecule has 1 aromatic carbocycles. The van der Waals surface area contributed by atoms with Gasteiger partial charge in [0.25, 0.3) is 0 Å². The zero-order valence-electron chi connectivity index (χ0n) is 11.5. The number of nitrogens with one attached hydrogen (secondary N) is 1. The Labute approximate surface area is 135 Å². The van der Waals surface area contributed by atoms with Gasteiger partial charge < -0.3 is 10.1 Å². The Hall–Kier alpha value is -1.01. The second-order valence-corrected chi connectivity index (χ2v) is 6.07. The van der Waals surface area contributed by atoms with Crippen molar-refractivity contribution in [1.82, 2.24) is 9.78 Å². The lowest BCUT2D eigenvalue weighted by Crippen LogP contribution is -2.09. The van der Waals surface area contributed by atoms with Crippen molar-refractivity contribution < 1.29 is 4.74 Å². The third-order valence-corrected chi connectivity index (χ3v) is 4.22. The van der Waals surface area contributed by atoms with Crippen LogP contribution in [-0.4, -0.2) is 16.9 Å². The van der Waals surface area contributed by atoms with Gasteiger partial charge >= 0.3 is 0 Å². The van der Waals surface area contributed by atoms with Crippen LogP contribution in [0.3, 0.4) is 0 Å². The summed E-state index contributed by atoms with van der Waals surface area (Å²) >= 11 is 7.02. The van der Waals surface area contributed by atoms with E-state index in [-0.39, 0.29) is 0 Å². The fourth-order valence-corrected chi connectivity index (χ4v) is 3.23. The van der Waals surface area contributed by atoms with Crippen LogP contribution in [0.1, 0.15) is 19.0 Å². The molecule has 0 aliphatic rings. The molecular formula is C14H17Br2N3O. The highest BCUT2D eigenvalue weighted by molar-refractivity contribution is 9.11. The van der Waals surface area contributed by atoms with Gasteiger partial charge in [0.2, 0.25) is 0 Å². The first-order chi connectivity index (χ1) is 9.65. The van der Waals surface area contributed by atoms with Gasteiger partial charge in [-0.3, -0.25) is 4.68 Å². The first kappa shape index (κ1) is 15.4. The summed E-state index contributed by atoms with van der Waals surface area (Å²) in [7, 11) is 1.66. The molecule has 0 amide bonds. The summed E-state index contributed by atoms with van der Waals surface area (Å²) < 4.78 is 9.26. The van der Waals surface area contributed by atoms with Crippen LogP contribution in [0.15, 0.2) is 33.3 Å². The van der Waals surface area contributed by atoms with Crippen LogP contribution in [0.4, 0.5) is 5.69 Å². The number of aromatic nitrogens is 2. The molecule has 0 atom stereocenters. The molecule has 2 aromatic rings. The van der Waals surface area contributed by atoms with E-state index < -0.39 is 0 Å². The van der Waals surface area contributed by atoms with Crippen LogP contribution in [0.25, 0.3) is 0 Å². The van der Waals surface area contributed by atoms with E-state index >= 15 is 0 Å². The van der Waals surface area contributed by atoms with E-state index in [0.29, 0.717) is 0 Å². The Balaban J connectivity index is 2.12. The first-order valence-electron chi connectivity index (χ1n) is 6.43. The lowest BCUT2D eigenvalue weighted by Gasteiger charge is -2.12. The zero-order chi connectivity index (χ0) is 14.5. The van der Waals surface area contributed by atoms with Gasteiger partial charge in [0.1, 0.15) is 5.75 Å². The van der Waals surface area contributed by atoms with Crippen LogP contribution in [0, 0.1) is 0 Å². The molecule has 0 fully saturated rings. The van der Waals surface area contributed by atoms with Crippen molar-refractivity contribution in [2.24, 2.45) is 0 Å². The summed E-state index contributed by atoms with van der Waals surface area (Å²) in [5, 5.41) is 7.73. The Bertz CT molecular complexity index is 584. The molecular weight excluding hydrogens is 386 g/mol. The average Bonchev–Trinajstić information content (AvgIpc) is 2.86. The van der Waals surface area contributed by atoms with Crippen molar-refractivity contribution in [2.75, 3.05) is 12.4 Å². The molecule has 20 heavy (non-hydrogen) atoms. The van der Waals surface area contributed by atoms with Gasteiger partial charge in [-0.2, -0.15) is 5.10 Å². The molecule has 0 aliphatic heterocycles. The van der Waals surface area contributed by atoms with E-state index in [9.17, 15) is 0 Å². The van der Waals surface area contributed by atoms with Crippen LogP contribution in [0.2, 0.25) is 0 Å². The minimum absolute atomic E-state index is 0.726. The highest BCUT2D eigenvalue weighted by Crippen LogP contribution is 2.34. The monoisotopic (exact) mass is 401 g/mol. The summed E-state index contributed by atoms with van der Waals surface area (Å²) in [6.07, 6.45) is 2.91. The van der Waals surface area contributed by atoms with E-state index in [0.717, 1.165) is 39.9 Å². The van der Waals surface area contributed by atoms with Crippen molar-refractivity contribution >= 4 is 37.5 Å². The maximum atomic E-state index is 5.31. The fraction of sp³-hybridized carbons (Fsp3) is 0.357. The highest BCUT2D eigenvalue weighted by atomic mass is 79.9. The summed E-state index contributed by atoms with van der Waals surface area (Å²) in [4.78, 5) is 0. The Morgan fingerprint density at radius 3 is 2.80 bits per heavy atom. The van der Waals surface area contributed by atoms with Gasteiger partial charge in [-0.15, -0.1) is 0 Å². The smallest absolute Gasteiger partial charge is 0.135 e. The van der Waals surface area contributed by atoms with Crippen LogP contribution in [0.5, 0.6) is 5.75 Å². The van der Waals surface area contributed by atoms with Crippen molar-refractivity contribution in [3.05, 3.63) is 39.0 Å². The lowest BCUT2D eigenvalue weighted by atomic mass is 10.3. The van der Waals surface area contributed by atoms with Crippen LogP contribution >= 0.6 is 31.9 Å². The zero-order valence-corrected chi connectivity index (χ0v) is 14.7. The quantitative estimate of drug-likeness (QED) is 0.776. The molecule has 0 aliphatic carbocycles. The fourth-order valence-electron chi connectivity index (χ4n) is 1.93. The molecule has 0 unspecified atom stereocenters. The Morgan fingerprint density at radius 2 is 2.10 bits per heavy atom. The van der Waals surface area contributed by atoms with E-state index in [4.69, 9.17) is 4.74 Å². The number of aryl methyl sites for hydroxylation is 1. The number of hydrogen-bond acceptors (Lipinski definition) is 3. The van der Waals surface area contributed by atoms with Gasteiger partial charge in [0.05, 0.1) is 29.5 Å². The van der Waals surface area contributed by atoms with Gasteiger partial charge in [-0.1, -0.05) is 6.92 Å². The third-order valence-electron chi connectivity index (χ3n) is 2.94. The van der Waals surface area contributed by atoms with Crippen LogP contribution in [-0.2, 0) is 13.1 Å². The molecule has 0 saturated carbocycles. The number of methoxy groups -OCH3 is 1. The number of nitrogens with zero attached hydrogens (tertiary/aromatic N) is 2. The standard InChI is InChI=1S/C14H17Br2N3O/c1-3-6-19-10(4-5-18-19)9-17-13-8-14(20-2)12(16)7-11(13)15/h4-5,7-8,17H,3,6,9H2,1-2H3. The van der Waals surface area contributed by atoms with Gasteiger partial charge in [-0.25, -0.2) is 0 Å². The summed E-state index contributed by atoms with van der Waals surface area (Å²) in [6.45, 7) is 3.81. The second-order valence-electron chi connectivity index (χ2n) is 4.37. The number of hydrogen-bond donors (Lipinski definition) is 1. The predicted molar refractivity (Wildman–Crippen MR) is 88.2 cm³/mol. The maximum Gasteiger partial charge on any atom is 0.135 e. The van der Waals surface area contributed by atoms with Crippen molar-refractivity contribution in [3.63, 3.8) is 0 Å². The van der Waals surface area contributed by atoms with Crippen molar-refractivity contribution in [2.45, 2.75) is 26.4 Å². The Morgan fingerprint density at radius 1 is 1.30 bits per heavy atom.